The molecule has 4 aliphatic heterocycles. The van der Waals surface area contributed by atoms with E-state index in [9.17, 15) is 99.3 Å². The number of amides is 9. The molecule has 20 N–H and O–H groups in total. The van der Waals surface area contributed by atoms with E-state index in [1.165, 1.54) is 20.8 Å². The minimum Gasteiger partial charge on any atom is -0.394 e. The lowest BCUT2D eigenvalue weighted by Crippen LogP contribution is -2.64. The number of hydrogen-bond donors (Lipinski definition) is 20. The molecule has 0 radical (unpaired) electrons. The third-order valence-corrected chi connectivity index (χ3v) is 16.6. The first-order chi connectivity index (χ1) is 48.3. The molecule has 0 aliphatic carbocycles. The molecule has 0 spiro atoms. The number of carbonyl (C=O) groups excluding carboxylic acids is 9. The highest BCUT2D eigenvalue weighted by Crippen LogP contribution is 2.26. The normalized spacial score (nSPS) is 28.6. The summed E-state index contributed by atoms with van der Waals surface area (Å²) in [5.74, 6) is -5.22. The molecule has 0 aromatic carbocycles. The van der Waals surface area contributed by atoms with E-state index in [1.54, 1.807) is 0 Å². The largest absolute Gasteiger partial charge is 0.394 e. The van der Waals surface area contributed by atoms with Crippen molar-refractivity contribution in [1.29, 1.82) is 0 Å². The molecular formula is C62H109N9O30. The molecule has 0 bridgehead atoms. The molecule has 4 saturated heterocycles. The van der Waals surface area contributed by atoms with Crippen LogP contribution in [0.1, 0.15) is 104 Å². The van der Waals surface area contributed by atoms with Crippen molar-refractivity contribution in [3.63, 3.8) is 0 Å². The topological polar surface area (TPSA) is 577 Å². The zero-order chi connectivity index (χ0) is 74.4. The van der Waals surface area contributed by atoms with Crippen LogP contribution >= 0.6 is 0 Å². The van der Waals surface area contributed by atoms with E-state index in [1.807, 2.05) is 0 Å². The van der Waals surface area contributed by atoms with Gasteiger partial charge in [0.05, 0.1) is 92.0 Å². The average Bonchev–Trinajstić information content (AvgIpc) is 1.61. The molecular weight excluding hydrogens is 1350 g/mol. The Balaban J connectivity index is 1.33. The summed E-state index contributed by atoms with van der Waals surface area (Å²) >= 11 is 0. The lowest BCUT2D eigenvalue weighted by Gasteiger charge is -2.42. The van der Waals surface area contributed by atoms with Gasteiger partial charge in [-0.05, 0) is 25.7 Å². The highest BCUT2D eigenvalue weighted by atomic mass is 16.7. The van der Waals surface area contributed by atoms with Crippen LogP contribution in [0.5, 0.6) is 0 Å². The standard InChI is InChI=1S/C62H109N9O30/c1-34(76)67-48-54(86)51(83)42(31-73)99-60(48)95-26-23-92-20-17-63-45(80)14-12-37(57(89)65-18-21-93-24-27-96-61-49(68-35(2)77)55(87)52(84)43(32-74)100-61)71-47(82)15-13-38(58(90)66-19-22-94-25-28-97-62-50(69-36(3)78)56(88)53(85)44(33-75)101-62)70-46(81)11-9-7-5-4-6-8-10-16-64-59(91)40-29-39(79)41(30-72)98-40/h37-44,48-56,60-62,72-75,79,83-88H,4-33H2,1-3H3,(H,63,80)(H,64,91)(H,65,89)(H,66,90)(H,67,76)(H,68,77)(H,69,78)(H,70,81)(H,71,82)/t37?,38?,39-,40+,41+,42?,43?,44+,48?,49?,50?,51?,52?,53?,54?,55?,56?,60?,61?,62?/m0/s1. The van der Waals surface area contributed by atoms with Crippen LogP contribution < -0.4 is 47.9 Å². The van der Waals surface area contributed by atoms with Gasteiger partial charge < -0.3 is 151 Å². The van der Waals surface area contributed by atoms with Crippen LogP contribution in [0, 0.1) is 0 Å². The first-order valence-corrected chi connectivity index (χ1v) is 34.2. The zero-order valence-corrected chi connectivity index (χ0v) is 57.4. The number of unbranched alkanes of at least 4 members (excludes halogenated alkanes) is 6. The van der Waals surface area contributed by atoms with E-state index in [-0.39, 0.29) is 124 Å². The molecule has 0 saturated carbocycles. The summed E-state index contributed by atoms with van der Waals surface area (Å²) in [6, 6.07) is -6.19. The summed E-state index contributed by atoms with van der Waals surface area (Å²) < 4.78 is 55.7. The molecule has 0 aromatic rings. The van der Waals surface area contributed by atoms with Gasteiger partial charge in [-0.3, -0.25) is 43.2 Å². The van der Waals surface area contributed by atoms with Crippen LogP contribution in [0.4, 0.5) is 0 Å². The summed E-state index contributed by atoms with van der Waals surface area (Å²) in [4.78, 5) is 116. The number of ether oxygens (including phenoxy) is 10. The lowest BCUT2D eigenvalue weighted by atomic mass is 9.97. The SMILES string of the molecule is CC(=O)NC1C(OCCOCCNC(=O)CCC(NC(=O)CCC(NC(=O)CCCCCCCCCNC(=O)[C@H]2C[C@H](O)[C@@H](CO)O2)C(=O)NCCOCCOC2O[C@H](CO)C(O)C(O)C2NC(C)=O)C(=O)NCCOCCOC2OC(CO)C(O)C(O)C2NC(C)=O)OC(CO)C(O)C1O. The Hall–Kier alpha value is -5.61. The maximum atomic E-state index is 13.8. The van der Waals surface area contributed by atoms with Gasteiger partial charge >= 0.3 is 0 Å². The van der Waals surface area contributed by atoms with Gasteiger partial charge in [0.15, 0.2) is 18.9 Å². The highest BCUT2D eigenvalue weighted by Gasteiger charge is 2.48. The quantitative estimate of drug-likeness (QED) is 0.0252. The second-order valence-electron chi connectivity index (χ2n) is 24.7. The van der Waals surface area contributed by atoms with Crippen LogP contribution in [-0.2, 0) is 90.5 Å². The predicted molar refractivity (Wildman–Crippen MR) is 344 cm³/mol. The third kappa shape index (κ3) is 31.7. The summed E-state index contributed by atoms with van der Waals surface area (Å²) in [7, 11) is 0. The second-order valence-corrected chi connectivity index (χ2v) is 24.7. The van der Waals surface area contributed by atoms with Crippen LogP contribution in [-0.4, -0.2) is 344 Å². The van der Waals surface area contributed by atoms with Gasteiger partial charge in [0, 0.05) is 72.6 Å². The molecule has 582 valence electrons. The number of carbonyl (C=O) groups is 9. The molecule has 0 aromatic heterocycles. The molecule has 20 atom stereocenters. The number of aliphatic hydroxyl groups is 11. The lowest BCUT2D eigenvalue weighted by molar-refractivity contribution is -0.272. The van der Waals surface area contributed by atoms with Gasteiger partial charge in [-0.15, -0.1) is 0 Å². The van der Waals surface area contributed by atoms with E-state index in [0.717, 1.165) is 25.7 Å². The Labute approximate surface area is 584 Å². The molecule has 101 heavy (non-hydrogen) atoms. The summed E-state index contributed by atoms with van der Waals surface area (Å²) in [5, 5.41) is 134. The molecule has 4 heterocycles. The van der Waals surface area contributed by atoms with E-state index >= 15 is 0 Å². The van der Waals surface area contributed by atoms with Crippen molar-refractivity contribution in [2.75, 3.05) is 112 Å². The van der Waals surface area contributed by atoms with Crippen LogP contribution in [0.2, 0.25) is 0 Å². The van der Waals surface area contributed by atoms with E-state index in [0.29, 0.717) is 25.8 Å². The monoisotopic (exact) mass is 1460 g/mol. The fraction of sp³-hybridized carbons (Fsp3) is 0.855. The molecule has 4 rings (SSSR count). The predicted octanol–water partition coefficient (Wildman–Crippen LogP) is -9.46. The van der Waals surface area contributed by atoms with E-state index < -0.39 is 196 Å². The van der Waals surface area contributed by atoms with Crippen molar-refractivity contribution in [3.05, 3.63) is 0 Å². The number of hydrogen-bond acceptors (Lipinski definition) is 30. The fourth-order valence-electron chi connectivity index (χ4n) is 11.2. The Bertz CT molecular complexity index is 2490. The Morgan fingerprint density at radius 3 is 1.12 bits per heavy atom. The fourth-order valence-corrected chi connectivity index (χ4v) is 11.2. The van der Waals surface area contributed by atoms with E-state index in [2.05, 4.69) is 47.9 Å². The minimum absolute atomic E-state index is 0.0262. The molecule has 39 nitrogen and oxygen atoms in total. The number of aliphatic hydroxyl groups excluding tert-OH is 11. The zero-order valence-electron chi connectivity index (χ0n) is 57.4. The number of rotatable bonds is 49. The highest BCUT2D eigenvalue weighted by molar-refractivity contribution is 5.90. The maximum Gasteiger partial charge on any atom is 0.249 e. The Morgan fingerprint density at radius 1 is 0.386 bits per heavy atom. The van der Waals surface area contributed by atoms with Crippen LogP contribution in [0.25, 0.3) is 0 Å². The first-order valence-electron chi connectivity index (χ1n) is 34.2. The molecule has 4 aliphatic rings. The van der Waals surface area contributed by atoms with Gasteiger partial charge in [-0.25, -0.2) is 0 Å². The smallest absolute Gasteiger partial charge is 0.249 e. The number of nitrogens with one attached hydrogen (secondary N) is 9. The Kier molecular flexibility index (Phi) is 42.1. The first kappa shape index (κ1) is 87.8. The Morgan fingerprint density at radius 2 is 0.743 bits per heavy atom. The van der Waals surface area contributed by atoms with Crippen molar-refractivity contribution in [2.24, 2.45) is 0 Å². The van der Waals surface area contributed by atoms with Crippen molar-refractivity contribution in [3.8, 4) is 0 Å². The van der Waals surface area contributed by atoms with Crippen molar-refractivity contribution in [1.82, 2.24) is 47.9 Å². The third-order valence-electron chi connectivity index (χ3n) is 16.6. The second kappa shape index (κ2) is 48.4. The molecule has 4 fully saturated rings. The van der Waals surface area contributed by atoms with Crippen molar-refractivity contribution < 1.29 is 147 Å². The molecule has 39 heteroatoms. The summed E-state index contributed by atoms with van der Waals surface area (Å²) in [6.07, 6.45) is -15.2. The van der Waals surface area contributed by atoms with Crippen molar-refractivity contribution >= 4 is 53.2 Å². The van der Waals surface area contributed by atoms with Crippen LogP contribution in [0.3, 0.4) is 0 Å². The van der Waals surface area contributed by atoms with Gasteiger partial charge in [0.2, 0.25) is 53.2 Å². The summed E-state index contributed by atoms with van der Waals surface area (Å²) in [5.41, 5.74) is 0. The van der Waals surface area contributed by atoms with Gasteiger partial charge in [-0.2, -0.15) is 0 Å². The average molecular weight is 1460 g/mol. The minimum atomic E-state index is -1.55. The molecule has 16 unspecified atom stereocenters. The van der Waals surface area contributed by atoms with E-state index in [4.69, 9.17) is 47.4 Å². The van der Waals surface area contributed by atoms with Crippen LogP contribution in [0.15, 0.2) is 0 Å². The molecule has 9 amide bonds. The van der Waals surface area contributed by atoms with Gasteiger partial charge in [0.25, 0.3) is 0 Å². The van der Waals surface area contributed by atoms with Crippen molar-refractivity contribution in [2.45, 2.75) is 227 Å². The maximum absolute atomic E-state index is 13.8. The summed E-state index contributed by atoms with van der Waals surface area (Å²) in [6.45, 7) is 0.367. The van der Waals surface area contributed by atoms with Gasteiger partial charge in [-0.1, -0.05) is 32.1 Å². The van der Waals surface area contributed by atoms with Gasteiger partial charge in [0.1, 0.15) is 97.4 Å².